The van der Waals surface area contributed by atoms with Gasteiger partial charge >= 0.3 is 0 Å². The molecule has 0 amide bonds. The van der Waals surface area contributed by atoms with Crippen molar-refractivity contribution in [3.63, 3.8) is 0 Å². The first-order valence-corrected chi connectivity index (χ1v) is 9.63. The second-order valence-corrected chi connectivity index (χ2v) is 6.72. The largest absolute Gasteiger partial charge is 0.493 e. The highest BCUT2D eigenvalue weighted by Gasteiger charge is 2.22. The summed E-state index contributed by atoms with van der Waals surface area (Å²) < 4.78 is 16.6. The lowest BCUT2D eigenvalue weighted by molar-refractivity contribution is 0.235. The average Bonchev–Trinajstić information content (AvgIpc) is 3.16. The molecule has 6 nitrogen and oxygen atoms in total. The van der Waals surface area contributed by atoms with Crippen molar-refractivity contribution in [1.29, 1.82) is 0 Å². The molecular formula is C22H29N3O3. The molecule has 1 atom stereocenters. The minimum absolute atomic E-state index is 0.141. The van der Waals surface area contributed by atoms with E-state index in [9.17, 15) is 0 Å². The van der Waals surface area contributed by atoms with E-state index in [0.717, 1.165) is 55.6 Å². The van der Waals surface area contributed by atoms with Gasteiger partial charge in [0.1, 0.15) is 11.9 Å². The Balaban J connectivity index is 1.38. The third-order valence-corrected chi connectivity index (χ3v) is 4.82. The number of aryl methyl sites for hydroxylation is 1. The monoisotopic (exact) mass is 383 g/mol. The summed E-state index contributed by atoms with van der Waals surface area (Å²) in [4.78, 5) is 4.30. The van der Waals surface area contributed by atoms with E-state index in [2.05, 4.69) is 33.8 Å². The molecule has 150 valence electrons. The van der Waals surface area contributed by atoms with E-state index >= 15 is 0 Å². The first kappa shape index (κ1) is 19.9. The normalized spacial score (nSPS) is 15.5. The standard InChI is InChI=1S/C22H29N3O3/c1-23-22(25-15-18-14-17-8-4-5-9-19(17)28-18)24-12-6-7-16-10-11-20(26-2)21(13-16)27-3/h4-5,8-11,13,18H,6-7,12,14-15H2,1-3H3,(H2,23,24,25). The lowest BCUT2D eigenvalue weighted by Crippen LogP contribution is -2.42. The Labute approximate surface area is 166 Å². The molecule has 0 spiro atoms. The number of para-hydroxylation sites is 1. The van der Waals surface area contributed by atoms with Crippen LogP contribution in [0.4, 0.5) is 0 Å². The van der Waals surface area contributed by atoms with Gasteiger partial charge in [0, 0.05) is 20.0 Å². The second kappa shape index (κ2) is 9.88. The van der Waals surface area contributed by atoms with Gasteiger partial charge < -0.3 is 24.8 Å². The van der Waals surface area contributed by atoms with Crippen molar-refractivity contribution in [2.24, 2.45) is 4.99 Å². The minimum atomic E-state index is 0.141. The fourth-order valence-corrected chi connectivity index (χ4v) is 3.33. The molecule has 0 fully saturated rings. The summed E-state index contributed by atoms with van der Waals surface area (Å²) in [6.07, 6.45) is 3.01. The Morgan fingerprint density at radius 3 is 2.68 bits per heavy atom. The zero-order valence-electron chi connectivity index (χ0n) is 16.8. The summed E-state index contributed by atoms with van der Waals surface area (Å²) in [5.74, 6) is 3.31. The van der Waals surface area contributed by atoms with Gasteiger partial charge in [0.2, 0.25) is 0 Å². The molecule has 3 rings (SSSR count). The smallest absolute Gasteiger partial charge is 0.191 e. The van der Waals surface area contributed by atoms with Crippen LogP contribution in [0.5, 0.6) is 17.2 Å². The molecule has 2 aromatic rings. The van der Waals surface area contributed by atoms with E-state index in [-0.39, 0.29) is 6.10 Å². The number of guanidine groups is 1. The number of aliphatic imine (C=N–C) groups is 1. The molecule has 1 aliphatic heterocycles. The van der Waals surface area contributed by atoms with Crippen molar-refractivity contribution in [3.8, 4) is 17.2 Å². The van der Waals surface area contributed by atoms with Gasteiger partial charge in [0.15, 0.2) is 17.5 Å². The fraction of sp³-hybridized carbons (Fsp3) is 0.409. The Morgan fingerprint density at radius 2 is 1.93 bits per heavy atom. The first-order valence-electron chi connectivity index (χ1n) is 9.63. The molecule has 1 heterocycles. The number of hydrogen-bond donors (Lipinski definition) is 2. The SMILES string of the molecule is CN=C(NCCCc1ccc(OC)c(OC)c1)NCC1Cc2ccccc2O1. The molecule has 0 radical (unpaired) electrons. The van der Waals surface area contributed by atoms with Crippen LogP contribution >= 0.6 is 0 Å². The molecule has 0 bridgehead atoms. The van der Waals surface area contributed by atoms with Crippen molar-refractivity contribution >= 4 is 5.96 Å². The number of nitrogens with one attached hydrogen (secondary N) is 2. The van der Waals surface area contributed by atoms with Crippen LogP contribution in [0.25, 0.3) is 0 Å². The Bertz CT molecular complexity index is 782. The van der Waals surface area contributed by atoms with E-state index in [4.69, 9.17) is 14.2 Å². The van der Waals surface area contributed by atoms with Crippen molar-refractivity contribution < 1.29 is 14.2 Å². The van der Waals surface area contributed by atoms with Gasteiger partial charge in [-0.1, -0.05) is 24.3 Å². The summed E-state index contributed by atoms with van der Waals surface area (Å²) in [6.45, 7) is 1.56. The molecule has 1 aliphatic rings. The number of methoxy groups -OCH3 is 2. The lowest BCUT2D eigenvalue weighted by Gasteiger charge is -2.15. The van der Waals surface area contributed by atoms with Crippen molar-refractivity contribution in [1.82, 2.24) is 10.6 Å². The van der Waals surface area contributed by atoms with Crippen LogP contribution in [0, 0.1) is 0 Å². The van der Waals surface area contributed by atoms with E-state index in [0.29, 0.717) is 0 Å². The van der Waals surface area contributed by atoms with Crippen LogP contribution < -0.4 is 24.8 Å². The van der Waals surface area contributed by atoms with E-state index in [1.807, 2.05) is 24.3 Å². The number of ether oxygens (including phenoxy) is 3. The van der Waals surface area contributed by atoms with Gasteiger partial charge in [-0.2, -0.15) is 0 Å². The quantitative estimate of drug-likeness (QED) is 0.417. The van der Waals surface area contributed by atoms with Gasteiger partial charge in [-0.25, -0.2) is 0 Å². The predicted octanol–water partition coefficient (Wildman–Crippen LogP) is 2.81. The molecule has 2 aromatic carbocycles. The van der Waals surface area contributed by atoms with Gasteiger partial charge in [0.05, 0.1) is 20.8 Å². The summed E-state index contributed by atoms with van der Waals surface area (Å²) >= 11 is 0. The Morgan fingerprint density at radius 1 is 1.11 bits per heavy atom. The lowest BCUT2D eigenvalue weighted by atomic mass is 10.1. The van der Waals surface area contributed by atoms with Gasteiger partial charge in [-0.3, -0.25) is 4.99 Å². The van der Waals surface area contributed by atoms with Gasteiger partial charge in [0.25, 0.3) is 0 Å². The maximum atomic E-state index is 5.96. The third kappa shape index (κ3) is 5.09. The summed E-state index contributed by atoms with van der Waals surface area (Å²) in [5.41, 5.74) is 2.49. The van der Waals surface area contributed by atoms with E-state index < -0.39 is 0 Å². The summed E-state index contributed by atoms with van der Waals surface area (Å²) in [6, 6.07) is 14.3. The number of benzene rings is 2. The molecule has 0 saturated carbocycles. The predicted molar refractivity (Wildman–Crippen MR) is 112 cm³/mol. The highest BCUT2D eigenvalue weighted by atomic mass is 16.5. The molecule has 2 N–H and O–H groups in total. The van der Waals surface area contributed by atoms with Crippen LogP contribution in [0.3, 0.4) is 0 Å². The van der Waals surface area contributed by atoms with Crippen molar-refractivity contribution in [3.05, 3.63) is 53.6 Å². The zero-order chi connectivity index (χ0) is 19.8. The van der Waals surface area contributed by atoms with Crippen LogP contribution in [0.2, 0.25) is 0 Å². The highest BCUT2D eigenvalue weighted by molar-refractivity contribution is 5.79. The maximum Gasteiger partial charge on any atom is 0.191 e. The number of hydrogen-bond acceptors (Lipinski definition) is 4. The zero-order valence-corrected chi connectivity index (χ0v) is 16.8. The van der Waals surface area contributed by atoms with E-state index in [1.165, 1.54) is 11.1 Å². The number of fused-ring (bicyclic) bond motifs is 1. The molecule has 28 heavy (non-hydrogen) atoms. The van der Waals surface area contributed by atoms with Crippen LogP contribution in [0.1, 0.15) is 17.5 Å². The molecular weight excluding hydrogens is 354 g/mol. The van der Waals surface area contributed by atoms with E-state index in [1.54, 1.807) is 21.3 Å². The molecule has 0 aliphatic carbocycles. The van der Waals surface area contributed by atoms with Crippen molar-refractivity contribution in [2.75, 3.05) is 34.4 Å². The van der Waals surface area contributed by atoms with Crippen molar-refractivity contribution in [2.45, 2.75) is 25.4 Å². The van der Waals surface area contributed by atoms with Gasteiger partial charge in [-0.15, -0.1) is 0 Å². The third-order valence-electron chi connectivity index (χ3n) is 4.82. The van der Waals surface area contributed by atoms with Gasteiger partial charge in [-0.05, 0) is 42.2 Å². The topological polar surface area (TPSA) is 64.1 Å². The van der Waals surface area contributed by atoms with Crippen LogP contribution in [-0.2, 0) is 12.8 Å². The molecule has 0 aromatic heterocycles. The minimum Gasteiger partial charge on any atom is -0.493 e. The fourth-order valence-electron chi connectivity index (χ4n) is 3.33. The maximum absolute atomic E-state index is 5.96. The average molecular weight is 383 g/mol. The summed E-state index contributed by atoms with van der Waals surface area (Å²) in [7, 11) is 5.09. The molecule has 6 heteroatoms. The summed E-state index contributed by atoms with van der Waals surface area (Å²) in [5, 5.41) is 6.72. The van der Waals surface area contributed by atoms with Crippen LogP contribution in [-0.4, -0.2) is 46.4 Å². The highest BCUT2D eigenvalue weighted by Crippen LogP contribution is 2.28. The Hall–Kier alpha value is -2.89. The molecule has 0 saturated heterocycles. The first-order chi connectivity index (χ1) is 13.7. The Kier molecular flexibility index (Phi) is 7.00. The number of rotatable bonds is 8. The second-order valence-electron chi connectivity index (χ2n) is 6.72. The number of nitrogens with zero attached hydrogens (tertiary/aromatic N) is 1. The van der Waals surface area contributed by atoms with Crippen LogP contribution in [0.15, 0.2) is 47.5 Å². The molecule has 1 unspecified atom stereocenters.